The number of nitrogens with one attached hydrogen (secondary N) is 1. The van der Waals surface area contributed by atoms with Crippen LogP contribution in [-0.4, -0.2) is 24.6 Å². The molecule has 1 aromatic rings. The molecule has 4 nitrogen and oxygen atoms in total. The number of hydrogen-bond donors (Lipinski definition) is 1. The fourth-order valence-corrected chi connectivity index (χ4v) is 2.19. The van der Waals surface area contributed by atoms with Crippen LogP contribution in [0.1, 0.15) is 25.0 Å². The van der Waals surface area contributed by atoms with E-state index in [2.05, 4.69) is 10.3 Å². The van der Waals surface area contributed by atoms with E-state index in [1.807, 2.05) is 18.2 Å². The van der Waals surface area contributed by atoms with E-state index in [0.717, 1.165) is 31.5 Å². The zero-order valence-corrected chi connectivity index (χ0v) is 9.40. The van der Waals surface area contributed by atoms with E-state index in [-0.39, 0.29) is 5.97 Å². The van der Waals surface area contributed by atoms with Crippen LogP contribution in [0.15, 0.2) is 24.4 Å². The Balaban J connectivity index is 2.38. The fourth-order valence-electron chi connectivity index (χ4n) is 2.19. The van der Waals surface area contributed by atoms with E-state index in [9.17, 15) is 4.79 Å². The molecule has 0 radical (unpaired) electrons. The Morgan fingerprint density at radius 3 is 2.94 bits per heavy atom. The van der Waals surface area contributed by atoms with Crippen molar-refractivity contribution in [1.82, 2.24) is 10.3 Å². The van der Waals surface area contributed by atoms with Crippen LogP contribution >= 0.6 is 0 Å². The van der Waals surface area contributed by atoms with Gasteiger partial charge in [-0.15, -0.1) is 0 Å². The van der Waals surface area contributed by atoms with Crippen molar-refractivity contribution >= 4 is 5.97 Å². The molecule has 1 aromatic heterocycles. The summed E-state index contributed by atoms with van der Waals surface area (Å²) in [6.45, 7) is 0.825. The number of hydrogen-bond acceptors (Lipinski definition) is 4. The van der Waals surface area contributed by atoms with E-state index < -0.39 is 5.54 Å². The van der Waals surface area contributed by atoms with Crippen LogP contribution in [0.5, 0.6) is 0 Å². The van der Waals surface area contributed by atoms with E-state index in [1.165, 1.54) is 7.11 Å². The third kappa shape index (κ3) is 1.80. The SMILES string of the molecule is COC(=O)C1(c2ccccn2)CCCCN1. The fraction of sp³-hybridized carbons (Fsp3) is 0.500. The molecule has 0 aromatic carbocycles. The van der Waals surface area contributed by atoms with Gasteiger partial charge in [-0.3, -0.25) is 10.3 Å². The summed E-state index contributed by atoms with van der Waals surface area (Å²) in [5.41, 5.74) is 0.00963. The number of rotatable bonds is 2. The first-order valence-electron chi connectivity index (χ1n) is 5.54. The predicted molar refractivity (Wildman–Crippen MR) is 59.8 cm³/mol. The van der Waals surface area contributed by atoms with Crippen molar-refractivity contribution in [1.29, 1.82) is 0 Å². The summed E-state index contributed by atoms with van der Waals surface area (Å²) in [7, 11) is 1.42. The maximum absolute atomic E-state index is 12.0. The zero-order valence-electron chi connectivity index (χ0n) is 9.40. The maximum Gasteiger partial charge on any atom is 0.332 e. The topological polar surface area (TPSA) is 51.2 Å². The van der Waals surface area contributed by atoms with Crippen molar-refractivity contribution in [3.63, 3.8) is 0 Å². The highest BCUT2D eigenvalue weighted by atomic mass is 16.5. The first-order chi connectivity index (χ1) is 7.79. The van der Waals surface area contributed by atoms with Gasteiger partial charge in [-0.1, -0.05) is 6.07 Å². The number of nitrogens with zero attached hydrogens (tertiary/aromatic N) is 1. The normalized spacial score (nSPS) is 25.1. The van der Waals surface area contributed by atoms with Gasteiger partial charge in [-0.05, 0) is 37.9 Å². The van der Waals surface area contributed by atoms with E-state index >= 15 is 0 Å². The number of pyridine rings is 1. The van der Waals surface area contributed by atoms with E-state index in [4.69, 9.17) is 4.74 Å². The molecule has 1 atom stereocenters. The van der Waals surface area contributed by atoms with Gasteiger partial charge in [0, 0.05) is 6.20 Å². The summed E-state index contributed by atoms with van der Waals surface area (Å²) in [5, 5.41) is 3.26. The molecule has 1 N–H and O–H groups in total. The van der Waals surface area contributed by atoms with Crippen molar-refractivity contribution in [2.45, 2.75) is 24.8 Å². The average Bonchev–Trinajstić information content (AvgIpc) is 2.39. The molecule has 16 heavy (non-hydrogen) atoms. The Morgan fingerprint density at radius 2 is 2.38 bits per heavy atom. The number of carbonyl (C=O) groups is 1. The molecule has 1 saturated heterocycles. The van der Waals surface area contributed by atoms with Crippen LogP contribution in [0.25, 0.3) is 0 Å². The largest absolute Gasteiger partial charge is 0.467 e. The average molecular weight is 220 g/mol. The van der Waals surface area contributed by atoms with Gasteiger partial charge in [0.25, 0.3) is 0 Å². The summed E-state index contributed by atoms with van der Waals surface area (Å²) >= 11 is 0. The second kappa shape index (κ2) is 4.61. The lowest BCUT2D eigenvalue weighted by Gasteiger charge is -2.34. The van der Waals surface area contributed by atoms with Crippen LogP contribution in [0.2, 0.25) is 0 Å². The van der Waals surface area contributed by atoms with Crippen LogP contribution in [-0.2, 0) is 15.1 Å². The molecule has 0 saturated carbocycles. The molecule has 4 heteroatoms. The molecule has 1 aliphatic heterocycles. The Bertz CT molecular complexity index is 359. The van der Waals surface area contributed by atoms with Gasteiger partial charge in [0.1, 0.15) is 0 Å². The summed E-state index contributed by atoms with van der Waals surface area (Å²) < 4.78 is 4.91. The third-order valence-corrected chi connectivity index (χ3v) is 3.04. The maximum atomic E-state index is 12.0. The van der Waals surface area contributed by atoms with Crippen molar-refractivity contribution in [2.24, 2.45) is 0 Å². The van der Waals surface area contributed by atoms with Gasteiger partial charge in [-0.2, -0.15) is 0 Å². The highest BCUT2D eigenvalue weighted by molar-refractivity contribution is 5.82. The smallest absolute Gasteiger partial charge is 0.332 e. The van der Waals surface area contributed by atoms with Gasteiger partial charge in [0.05, 0.1) is 12.8 Å². The van der Waals surface area contributed by atoms with Crippen molar-refractivity contribution < 1.29 is 9.53 Å². The summed E-state index contributed by atoms with van der Waals surface area (Å²) in [4.78, 5) is 16.2. The predicted octanol–water partition coefficient (Wildman–Crippen LogP) is 1.22. The molecular formula is C12H16N2O2. The quantitative estimate of drug-likeness (QED) is 0.761. The lowest BCUT2D eigenvalue weighted by molar-refractivity contribution is -0.150. The Labute approximate surface area is 95.0 Å². The minimum atomic E-state index is -0.742. The number of methoxy groups -OCH3 is 1. The Morgan fingerprint density at radius 1 is 1.50 bits per heavy atom. The standard InChI is InChI=1S/C12H16N2O2/c1-16-11(15)12(7-3-5-9-14-12)10-6-2-4-8-13-10/h2,4,6,8,14H,3,5,7,9H2,1H3. The second-order valence-corrected chi connectivity index (χ2v) is 4.00. The summed E-state index contributed by atoms with van der Waals surface area (Å²) in [6.07, 6.45) is 4.55. The van der Waals surface area contributed by atoms with Crippen molar-refractivity contribution in [2.75, 3.05) is 13.7 Å². The molecule has 2 rings (SSSR count). The first kappa shape index (κ1) is 11.1. The molecule has 86 valence electrons. The van der Waals surface area contributed by atoms with E-state index in [0.29, 0.717) is 0 Å². The third-order valence-electron chi connectivity index (χ3n) is 3.04. The minimum absolute atomic E-state index is 0.245. The van der Waals surface area contributed by atoms with Crippen LogP contribution in [0, 0.1) is 0 Å². The highest BCUT2D eigenvalue weighted by Gasteiger charge is 2.43. The number of piperidine rings is 1. The zero-order chi connectivity index (χ0) is 11.4. The lowest BCUT2D eigenvalue weighted by atomic mass is 9.85. The molecule has 0 amide bonds. The van der Waals surface area contributed by atoms with E-state index in [1.54, 1.807) is 6.20 Å². The molecule has 1 aliphatic rings. The molecule has 1 fully saturated rings. The van der Waals surface area contributed by atoms with Gasteiger partial charge in [0.15, 0.2) is 5.54 Å². The molecule has 0 aliphatic carbocycles. The second-order valence-electron chi connectivity index (χ2n) is 4.00. The molecule has 1 unspecified atom stereocenters. The number of carbonyl (C=O) groups excluding carboxylic acids is 1. The van der Waals surface area contributed by atoms with Gasteiger partial charge in [-0.25, -0.2) is 4.79 Å². The van der Waals surface area contributed by atoms with Crippen LogP contribution < -0.4 is 5.32 Å². The lowest BCUT2D eigenvalue weighted by Crippen LogP contribution is -2.53. The summed E-state index contributed by atoms with van der Waals surface area (Å²) in [6, 6.07) is 5.61. The molecular weight excluding hydrogens is 204 g/mol. The highest BCUT2D eigenvalue weighted by Crippen LogP contribution is 2.30. The van der Waals surface area contributed by atoms with Crippen molar-refractivity contribution in [3.8, 4) is 0 Å². The number of ether oxygens (including phenoxy) is 1. The first-order valence-corrected chi connectivity index (χ1v) is 5.54. The Kier molecular flexibility index (Phi) is 3.19. The minimum Gasteiger partial charge on any atom is -0.467 e. The number of aromatic nitrogens is 1. The molecule has 2 heterocycles. The molecule has 0 spiro atoms. The van der Waals surface area contributed by atoms with Gasteiger partial charge >= 0.3 is 5.97 Å². The van der Waals surface area contributed by atoms with Gasteiger partial charge < -0.3 is 4.74 Å². The monoisotopic (exact) mass is 220 g/mol. The molecule has 0 bridgehead atoms. The summed E-state index contributed by atoms with van der Waals surface area (Å²) in [5.74, 6) is -0.245. The Hall–Kier alpha value is -1.42. The number of esters is 1. The van der Waals surface area contributed by atoms with Crippen LogP contribution in [0.4, 0.5) is 0 Å². The van der Waals surface area contributed by atoms with Crippen LogP contribution in [0.3, 0.4) is 0 Å². The van der Waals surface area contributed by atoms with Gasteiger partial charge in [0.2, 0.25) is 0 Å². The van der Waals surface area contributed by atoms with Crippen molar-refractivity contribution in [3.05, 3.63) is 30.1 Å².